The van der Waals surface area contributed by atoms with Crippen LogP contribution in [-0.2, 0) is 0 Å². The molecule has 0 radical (unpaired) electrons. The zero-order valence-electron chi connectivity index (χ0n) is 12.1. The van der Waals surface area contributed by atoms with Gasteiger partial charge in [-0.05, 0) is 36.7 Å². The van der Waals surface area contributed by atoms with Gasteiger partial charge in [-0.2, -0.15) is 0 Å². The van der Waals surface area contributed by atoms with Gasteiger partial charge in [-0.1, -0.05) is 24.3 Å². The molecule has 3 nitrogen and oxygen atoms in total. The molecule has 0 fully saturated rings. The lowest BCUT2D eigenvalue weighted by molar-refractivity contribution is 0.295. The Morgan fingerprint density at radius 2 is 1.95 bits per heavy atom. The van der Waals surface area contributed by atoms with Crippen LogP contribution in [0.1, 0.15) is 17.9 Å². The monoisotopic (exact) mass is 289 g/mol. The van der Waals surface area contributed by atoms with Crippen LogP contribution in [0.5, 0.6) is 11.5 Å². The summed E-state index contributed by atoms with van der Waals surface area (Å²) in [7, 11) is 1.65. The van der Waals surface area contributed by atoms with Crippen LogP contribution in [-0.4, -0.2) is 20.3 Å². The number of methoxy groups -OCH3 is 1. The number of hydrogen-bond donors (Lipinski definition) is 1. The van der Waals surface area contributed by atoms with Crippen molar-refractivity contribution in [3.63, 3.8) is 0 Å². The lowest BCUT2D eigenvalue weighted by Crippen LogP contribution is -2.16. The molecular formula is C17H20FNO2. The summed E-state index contributed by atoms with van der Waals surface area (Å²) in [5.41, 5.74) is 6.94. The third-order valence-corrected chi connectivity index (χ3v) is 3.39. The van der Waals surface area contributed by atoms with Crippen LogP contribution in [0.15, 0.2) is 48.5 Å². The van der Waals surface area contributed by atoms with Crippen LogP contribution in [0.2, 0.25) is 0 Å². The molecule has 2 aromatic rings. The van der Waals surface area contributed by atoms with E-state index in [0.717, 1.165) is 17.7 Å². The van der Waals surface area contributed by atoms with E-state index in [4.69, 9.17) is 15.2 Å². The Morgan fingerprint density at radius 1 is 1.14 bits per heavy atom. The van der Waals surface area contributed by atoms with Gasteiger partial charge in [0.25, 0.3) is 0 Å². The van der Waals surface area contributed by atoms with Crippen LogP contribution in [0.3, 0.4) is 0 Å². The van der Waals surface area contributed by atoms with Crippen molar-refractivity contribution in [2.45, 2.75) is 12.3 Å². The second kappa shape index (κ2) is 7.64. The van der Waals surface area contributed by atoms with Crippen molar-refractivity contribution in [2.75, 3.05) is 20.3 Å². The molecule has 21 heavy (non-hydrogen) atoms. The summed E-state index contributed by atoms with van der Waals surface area (Å²) < 4.78 is 24.0. The van der Waals surface area contributed by atoms with Crippen LogP contribution >= 0.6 is 0 Å². The largest absolute Gasteiger partial charge is 0.496 e. The SMILES string of the molecule is COc1ccccc1C(CN)CCOc1cccc(F)c1. The Labute approximate surface area is 124 Å². The van der Waals surface area contributed by atoms with E-state index >= 15 is 0 Å². The molecule has 0 saturated heterocycles. The minimum Gasteiger partial charge on any atom is -0.496 e. The number of halogens is 1. The normalized spacial score (nSPS) is 12.0. The molecule has 0 saturated carbocycles. The van der Waals surface area contributed by atoms with Crippen molar-refractivity contribution >= 4 is 0 Å². The van der Waals surface area contributed by atoms with Crippen molar-refractivity contribution in [1.29, 1.82) is 0 Å². The molecule has 0 heterocycles. The Kier molecular flexibility index (Phi) is 5.58. The molecule has 2 N–H and O–H groups in total. The van der Waals surface area contributed by atoms with Crippen molar-refractivity contribution < 1.29 is 13.9 Å². The molecule has 1 unspecified atom stereocenters. The first-order chi connectivity index (χ1) is 10.2. The maximum absolute atomic E-state index is 13.1. The van der Waals surface area contributed by atoms with E-state index in [1.165, 1.54) is 12.1 Å². The fourth-order valence-electron chi connectivity index (χ4n) is 2.28. The highest BCUT2D eigenvalue weighted by molar-refractivity contribution is 5.36. The molecule has 2 aromatic carbocycles. The van der Waals surface area contributed by atoms with Gasteiger partial charge in [0.2, 0.25) is 0 Å². The third kappa shape index (κ3) is 4.20. The Morgan fingerprint density at radius 3 is 2.67 bits per heavy atom. The predicted octanol–water partition coefficient (Wildman–Crippen LogP) is 3.35. The third-order valence-electron chi connectivity index (χ3n) is 3.39. The molecule has 0 bridgehead atoms. The van der Waals surface area contributed by atoms with Gasteiger partial charge in [0.1, 0.15) is 17.3 Å². The summed E-state index contributed by atoms with van der Waals surface area (Å²) in [5, 5.41) is 0. The highest BCUT2D eigenvalue weighted by Crippen LogP contribution is 2.28. The fraction of sp³-hybridized carbons (Fsp3) is 0.294. The van der Waals surface area contributed by atoms with Gasteiger partial charge in [0, 0.05) is 12.0 Å². The number of benzene rings is 2. The molecule has 0 aliphatic rings. The first-order valence-electron chi connectivity index (χ1n) is 6.96. The number of hydrogen-bond acceptors (Lipinski definition) is 3. The van der Waals surface area contributed by atoms with Crippen molar-refractivity contribution in [1.82, 2.24) is 0 Å². The van der Waals surface area contributed by atoms with Gasteiger partial charge in [0.15, 0.2) is 0 Å². The van der Waals surface area contributed by atoms with E-state index in [9.17, 15) is 4.39 Å². The highest BCUT2D eigenvalue weighted by atomic mass is 19.1. The van der Waals surface area contributed by atoms with E-state index in [1.807, 2.05) is 24.3 Å². The van der Waals surface area contributed by atoms with Crippen LogP contribution in [0.25, 0.3) is 0 Å². The van der Waals surface area contributed by atoms with Gasteiger partial charge >= 0.3 is 0 Å². The summed E-state index contributed by atoms with van der Waals surface area (Å²) in [6.45, 7) is 0.982. The lowest BCUT2D eigenvalue weighted by Gasteiger charge is -2.18. The summed E-state index contributed by atoms with van der Waals surface area (Å²) >= 11 is 0. The van der Waals surface area contributed by atoms with Gasteiger partial charge in [0.05, 0.1) is 13.7 Å². The Hall–Kier alpha value is -2.07. The first kappa shape index (κ1) is 15.3. The molecule has 4 heteroatoms. The maximum atomic E-state index is 13.1. The topological polar surface area (TPSA) is 44.5 Å². The van der Waals surface area contributed by atoms with Crippen LogP contribution in [0, 0.1) is 5.82 Å². The quantitative estimate of drug-likeness (QED) is 0.850. The second-order valence-corrected chi connectivity index (χ2v) is 4.77. The van der Waals surface area contributed by atoms with Gasteiger partial charge in [-0.25, -0.2) is 4.39 Å². The maximum Gasteiger partial charge on any atom is 0.126 e. The summed E-state index contributed by atoms with van der Waals surface area (Å²) in [5.74, 6) is 1.21. The van der Waals surface area contributed by atoms with E-state index in [0.29, 0.717) is 18.9 Å². The molecule has 112 valence electrons. The van der Waals surface area contributed by atoms with Crippen molar-refractivity contribution in [2.24, 2.45) is 5.73 Å². The minimum absolute atomic E-state index is 0.148. The second-order valence-electron chi connectivity index (χ2n) is 4.77. The molecule has 0 aromatic heterocycles. The van der Waals surface area contributed by atoms with Crippen molar-refractivity contribution in [3.05, 3.63) is 59.9 Å². The molecule has 1 atom stereocenters. The summed E-state index contributed by atoms with van der Waals surface area (Å²) in [6, 6.07) is 14.0. The molecule has 0 spiro atoms. The average molecular weight is 289 g/mol. The standard InChI is InChI=1S/C17H20FNO2/c1-20-17-8-3-2-7-16(17)13(12-19)9-10-21-15-6-4-5-14(18)11-15/h2-8,11,13H,9-10,12,19H2,1H3. The van der Waals surface area contributed by atoms with Gasteiger partial charge in [-0.3, -0.25) is 0 Å². The summed E-state index contributed by atoms with van der Waals surface area (Å²) in [4.78, 5) is 0. The number of nitrogens with two attached hydrogens (primary N) is 1. The average Bonchev–Trinajstić information content (AvgIpc) is 2.52. The van der Waals surface area contributed by atoms with E-state index in [-0.39, 0.29) is 11.7 Å². The van der Waals surface area contributed by atoms with Gasteiger partial charge < -0.3 is 15.2 Å². The molecule has 0 amide bonds. The fourth-order valence-corrected chi connectivity index (χ4v) is 2.28. The Bertz CT molecular complexity index is 574. The highest BCUT2D eigenvalue weighted by Gasteiger charge is 2.14. The molecule has 2 rings (SSSR count). The number of para-hydroxylation sites is 1. The zero-order valence-corrected chi connectivity index (χ0v) is 12.1. The van der Waals surface area contributed by atoms with Crippen LogP contribution < -0.4 is 15.2 Å². The van der Waals surface area contributed by atoms with Crippen LogP contribution in [0.4, 0.5) is 4.39 Å². The first-order valence-corrected chi connectivity index (χ1v) is 6.96. The predicted molar refractivity (Wildman–Crippen MR) is 81.3 cm³/mol. The number of ether oxygens (including phenoxy) is 2. The zero-order chi connectivity index (χ0) is 15.1. The molecule has 0 aliphatic carbocycles. The smallest absolute Gasteiger partial charge is 0.126 e. The lowest BCUT2D eigenvalue weighted by atomic mass is 9.95. The molecular weight excluding hydrogens is 269 g/mol. The van der Waals surface area contributed by atoms with E-state index in [1.54, 1.807) is 19.2 Å². The molecule has 0 aliphatic heterocycles. The Balaban J connectivity index is 1.96. The van der Waals surface area contributed by atoms with Gasteiger partial charge in [-0.15, -0.1) is 0 Å². The van der Waals surface area contributed by atoms with E-state index in [2.05, 4.69) is 0 Å². The summed E-state index contributed by atoms with van der Waals surface area (Å²) in [6.07, 6.45) is 0.743. The number of rotatable bonds is 7. The minimum atomic E-state index is -0.299. The van der Waals surface area contributed by atoms with E-state index < -0.39 is 0 Å². The van der Waals surface area contributed by atoms with Crippen molar-refractivity contribution in [3.8, 4) is 11.5 Å².